The molecule has 3 rings (SSSR count). The molecule has 3 aromatic rings. The Hall–Kier alpha value is -2.15. The van der Waals surface area contributed by atoms with Gasteiger partial charge >= 0.3 is 0 Å². The molecule has 0 fully saturated rings. The minimum Gasteiger partial charge on any atom is -0.497 e. The maximum atomic E-state index is 12.8. The molecule has 0 radical (unpaired) electrons. The van der Waals surface area contributed by atoms with Crippen molar-refractivity contribution in [2.45, 2.75) is 13.3 Å². The molecule has 1 aromatic heterocycles. The van der Waals surface area contributed by atoms with E-state index >= 15 is 0 Å². The lowest BCUT2D eigenvalue weighted by molar-refractivity contribution is 0.0977. The first-order valence-electron chi connectivity index (χ1n) is 8.93. The SMILES string of the molecule is CCN(CCc1ccccc1)C(=S)NC(=O)c1sc2cc(OC)ccc2c1Cl. The van der Waals surface area contributed by atoms with E-state index in [4.69, 9.17) is 28.6 Å². The largest absolute Gasteiger partial charge is 0.497 e. The van der Waals surface area contributed by atoms with Gasteiger partial charge in [-0.1, -0.05) is 41.9 Å². The molecule has 146 valence electrons. The van der Waals surface area contributed by atoms with E-state index in [0.29, 0.717) is 21.6 Å². The van der Waals surface area contributed by atoms with Gasteiger partial charge in [-0.05, 0) is 49.3 Å². The van der Waals surface area contributed by atoms with E-state index in [0.717, 1.165) is 28.8 Å². The summed E-state index contributed by atoms with van der Waals surface area (Å²) in [5.74, 6) is 0.444. The monoisotopic (exact) mass is 432 g/mol. The normalized spacial score (nSPS) is 10.7. The summed E-state index contributed by atoms with van der Waals surface area (Å²) in [6.07, 6.45) is 0.855. The number of nitrogens with one attached hydrogen (secondary N) is 1. The van der Waals surface area contributed by atoms with Crippen molar-refractivity contribution in [2.24, 2.45) is 0 Å². The first-order valence-corrected chi connectivity index (χ1v) is 10.5. The molecule has 0 aliphatic rings. The van der Waals surface area contributed by atoms with Crippen LogP contribution in [0, 0.1) is 0 Å². The third-order valence-corrected chi connectivity index (χ3v) is 6.46. The Morgan fingerprint density at radius 3 is 2.68 bits per heavy atom. The number of likely N-dealkylation sites (N-methyl/N-ethyl adjacent to an activating group) is 1. The fourth-order valence-electron chi connectivity index (χ4n) is 2.86. The van der Waals surface area contributed by atoms with Crippen LogP contribution < -0.4 is 10.1 Å². The molecular weight excluding hydrogens is 412 g/mol. The van der Waals surface area contributed by atoms with Gasteiger partial charge in [0, 0.05) is 23.2 Å². The minimum absolute atomic E-state index is 0.284. The van der Waals surface area contributed by atoms with Gasteiger partial charge in [-0.15, -0.1) is 11.3 Å². The number of thiocarbonyl (C=S) groups is 1. The average Bonchev–Trinajstić information content (AvgIpc) is 3.05. The second kappa shape index (κ2) is 9.37. The third-order valence-electron chi connectivity index (χ3n) is 4.45. The highest BCUT2D eigenvalue weighted by Crippen LogP contribution is 2.37. The van der Waals surface area contributed by atoms with Gasteiger partial charge < -0.3 is 9.64 Å². The zero-order chi connectivity index (χ0) is 20.1. The summed E-state index contributed by atoms with van der Waals surface area (Å²) in [5.41, 5.74) is 1.23. The highest BCUT2D eigenvalue weighted by atomic mass is 35.5. The number of methoxy groups -OCH3 is 1. The van der Waals surface area contributed by atoms with Crippen LogP contribution in [0.25, 0.3) is 10.1 Å². The van der Waals surface area contributed by atoms with Crippen molar-refractivity contribution in [3.63, 3.8) is 0 Å². The summed E-state index contributed by atoms with van der Waals surface area (Å²) in [7, 11) is 1.61. The van der Waals surface area contributed by atoms with Crippen molar-refractivity contribution < 1.29 is 9.53 Å². The van der Waals surface area contributed by atoms with E-state index in [1.165, 1.54) is 16.9 Å². The smallest absolute Gasteiger partial charge is 0.269 e. The highest BCUT2D eigenvalue weighted by Gasteiger charge is 2.20. The van der Waals surface area contributed by atoms with Crippen molar-refractivity contribution in [3.8, 4) is 5.75 Å². The summed E-state index contributed by atoms with van der Waals surface area (Å²) in [5, 5.41) is 4.51. The summed E-state index contributed by atoms with van der Waals surface area (Å²) < 4.78 is 6.14. The number of halogens is 1. The number of hydrogen-bond acceptors (Lipinski definition) is 4. The Morgan fingerprint density at radius 1 is 1.25 bits per heavy atom. The van der Waals surface area contributed by atoms with Crippen LogP contribution in [-0.2, 0) is 6.42 Å². The standard InChI is InChI=1S/C21H21ClN2O2S2/c1-3-24(12-11-14-7-5-4-6-8-14)21(27)23-20(25)19-18(22)16-10-9-15(26-2)13-17(16)28-19/h4-10,13H,3,11-12H2,1-2H3,(H,23,25,27). The molecule has 7 heteroatoms. The average molecular weight is 433 g/mol. The van der Waals surface area contributed by atoms with Crippen LogP contribution in [0.4, 0.5) is 0 Å². The topological polar surface area (TPSA) is 41.6 Å². The molecule has 0 saturated heterocycles. The van der Waals surface area contributed by atoms with E-state index in [2.05, 4.69) is 17.4 Å². The first-order chi connectivity index (χ1) is 13.5. The lowest BCUT2D eigenvalue weighted by atomic mass is 10.1. The summed E-state index contributed by atoms with van der Waals surface area (Å²) in [4.78, 5) is 15.2. The van der Waals surface area contributed by atoms with Crippen LogP contribution in [0.3, 0.4) is 0 Å². The maximum Gasteiger partial charge on any atom is 0.269 e. The molecule has 0 bridgehead atoms. The van der Waals surface area contributed by atoms with E-state index in [9.17, 15) is 4.79 Å². The molecule has 0 aliphatic heterocycles. The quantitative estimate of drug-likeness (QED) is 0.547. The number of carbonyl (C=O) groups excluding carboxylic acids is 1. The molecule has 2 aromatic carbocycles. The Balaban J connectivity index is 1.69. The molecule has 0 atom stereocenters. The molecule has 0 unspecified atom stereocenters. The molecule has 1 heterocycles. The van der Waals surface area contributed by atoms with Gasteiger partial charge in [0.15, 0.2) is 5.11 Å². The molecule has 1 amide bonds. The van der Waals surface area contributed by atoms with Gasteiger partial charge in [0.1, 0.15) is 10.6 Å². The lowest BCUT2D eigenvalue weighted by Gasteiger charge is -2.23. The number of amides is 1. The second-order valence-electron chi connectivity index (χ2n) is 6.18. The van der Waals surface area contributed by atoms with Crippen LogP contribution >= 0.6 is 35.2 Å². The fraction of sp³-hybridized carbons (Fsp3) is 0.238. The number of benzene rings is 2. The van der Waals surface area contributed by atoms with Gasteiger partial charge in [0.2, 0.25) is 0 Å². The third kappa shape index (κ3) is 4.63. The van der Waals surface area contributed by atoms with Gasteiger partial charge in [-0.2, -0.15) is 0 Å². The summed E-state index contributed by atoms with van der Waals surface area (Å²) in [6, 6.07) is 15.8. The van der Waals surface area contributed by atoms with Gasteiger partial charge in [-0.25, -0.2) is 0 Å². The Labute approximate surface area is 179 Å². The fourth-order valence-corrected chi connectivity index (χ4v) is 4.62. The van der Waals surface area contributed by atoms with E-state index in [-0.39, 0.29) is 5.91 Å². The molecule has 28 heavy (non-hydrogen) atoms. The molecule has 0 spiro atoms. The molecule has 0 aliphatic carbocycles. The van der Waals surface area contributed by atoms with Crippen molar-refractivity contribution in [2.75, 3.05) is 20.2 Å². The minimum atomic E-state index is -0.284. The predicted octanol–water partition coefficient (Wildman–Crippen LogP) is 5.14. The number of nitrogens with zero attached hydrogens (tertiary/aromatic N) is 1. The van der Waals surface area contributed by atoms with E-state index < -0.39 is 0 Å². The van der Waals surface area contributed by atoms with Crippen LogP contribution in [0.1, 0.15) is 22.2 Å². The zero-order valence-electron chi connectivity index (χ0n) is 15.7. The Morgan fingerprint density at radius 2 is 2.00 bits per heavy atom. The molecule has 4 nitrogen and oxygen atoms in total. The molecule has 1 N–H and O–H groups in total. The number of ether oxygens (including phenoxy) is 1. The van der Waals surface area contributed by atoms with Crippen LogP contribution in [0.5, 0.6) is 5.75 Å². The Bertz CT molecular complexity index is 989. The lowest BCUT2D eigenvalue weighted by Crippen LogP contribution is -2.43. The van der Waals surface area contributed by atoms with Crippen molar-refractivity contribution in [1.82, 2.24) is 10.2 Å². The van der Waals surface area contributed by atoms with Crippen molar-refractivity contribution in [3.05, 3.63) is 64.0 Å². The van der Waals surface area contributed by atoms with Crippen molar-refractivity contribution >= 4 is 56.3 Å². The first kappa shape index (κ1) is 20.6. The predicted molar refractivity (Wildman–Crippen MR) is 121 cm³/mol. The molecular formula is C21H21ClN2O2S2. The highest BCUT2D eigenvalue weighted by molar-refractivity contribution is 7.80. The van der Waals surface area contributed by atoms with E-state index in [1.807, 2.05) is 48.2 Å². The summed E-state index contributed by atoms with van der Waals surface area (Å²) in [6.45, 7) is 3.46. The van der Waals surface area contributed by atoms with Crippen molar-refractivity contribution in [1.29, 1.82) is 0 Å². The second-order valence-corrected chi connectivity index (χ2v) is 8.00. The zero-order valence-corrected chi connectivity index (χ0v) is 18.1. The number of carbonyl (C=O) groups is 1. The van der Waals surface area contributed by atoms with Gasteiger partial charge in [-0.3, -0.25) is 10.1 Å². The number of fused-ring (bicyclic) bond motifs is 1. The Kier molecular flexibility index (Phi) is 6.88. The van der Waals surface area contributed by atoms with Crippen LogP contribution in [-0.4, -0.2) is 36.1 Å². The summed E-state index contributed by atoms with van der Waals surface area (Å²) >= 11 is 13.2. The number of rotatable bonds is 6. The molecule has 0 saturated carbocycles. The van der Waals surface area contributed by atoms with E-state index in [1.54, 1.807) is 7.11 Å². The maximum absolute atomic E-state index is 12.8. The van der Waals surface area contributed by atoms with Gasteiger partial charge in [0.05, 0.1) is 12.1 Å². The number of thiophene rings is 1. The van der Waals surface area contributed by atoms with Crippen LogP contribution in [0.15, 0.2) is 48.5 Å². The van der Waals surface area contributed by atoms with Crippen LogP contribution in [0.2, 0.25) is 5.02 Å². The number of hydrogen-bond donors (Lipinski definition) is 1. The van der Waals surface area contributed by atoms with Gasteiger partial charge in [0.25, 0.3) is 5.91 Å².